The summed E-state index contributed by atoms with van der Waals surface area (Å²) in [4.78, 5) is 13.3. The highest BCUT2D eigenvalue weighted by atomic mass is 16.8. The van der Waals surface area contributed by atoms with E-state index >= 15 is 0 Å². The van der Waals surface area contributed by atoms with Crippen LogP contribution in [0.2, 0.25) is 0 Å². The summed E-state index contributed by atoms with van der Waals surface area (Å²) in [6.07, 6.45) is 13.3. The zero-order valence-electron chi connectivity index (χ0n) is 46.5. The van der Waals surface area contributed by atoms with E-state index in [9.17, 15) is 61.0 Å². The largest absolute Gasteiger partial charge is 0.394 e. The van der Waals surface area contributed by atoms with E-state index in [2.05, 4.69) is 19.2 Å². The fourth-order valence-electron chi connectivity index (χ4n) is 10.4. The lowest BCUT2D eigenvalue weighted by atomic mass is 9.96. The Morgan fingerprint density at radius 2 is 0.816 bits per heavy atom. The van der Waals surface area contributed by atoms with Gasteiger partial charge in [-0.15, -0.1) is 0 Å². The number of hydrogen-bond acceptors (Lipinski definition) is 18. The van der Waals surface area contributed by atoms with Crippen molar-refractivity contribution in [1.82, 2.24) is 5.32 Å². The van der Waals surface area contributed by atoms with Crippen molar-refractivity contribution in [3.05, 3.63) is 12.2 Å². The molecule has 1 amide bonds. The van der Waals surface area contributed by atoms with Gasteiger partial charge < -0.3 is 89.9 Å². The summed E-state index contributed by atoms with van der Waals surface area (Å²) in [6.45, 7) is 1.73. The van der Waals surface area contributed by atoms with Crippen LogP contribution in [0.4, 0.5) is 0 Å². The first-order chi connectivity index (χ1) is 36.8. The molecule has 0 aromatic heterocycles. The van der Waals surface area contributed by atoms with Gasteiger partial charge in [0.05, 0.1) is 38.6 Å². The number of allylic oxidation sites excluding steroid dienone is 1. The van der Waals surface area contributed by atoms with Crippen LogP contribution >= 0.6 is 0 Å². The second-order valence-corrected chi connectivity index (χ2v) is 21.8. The maximum absolute atomic E-state index is 13.3. The molecular weight excluding hydrogens is 987 g/mol. The molecule has 3 fully saturated rings. The van der Waals surface area contributed by atoms with Crippen LogP contribution in [0.1, 0.15) is 213 Å². The molecule has 3 saturated heterocycles. The zero-order valence-corrected chi connectivity index (χ0v) is 46.5. The van der Waals surface area contributed by atoms with E-state index in [1.54, 1.807) is 6.08 Å². The van der Waals surface area contributed by atoms with Crippen LogP contribution in [0, 0.1) is 0 Å². The van der Waals surface area contributed by atoms with Gasteiger partial charge in [-0.2, -0.15) is 0 Å². The second kappa shape index (κ2) is 41.5. The van der Waals surface area contributed by atoms with Gasteiger partial charge in [-0.1, -0.05) is 199 Å². The first-order valence-electron chi connectivity index (χ1n) is 29.9. The van der Waals surface area contributed by atoms with Crippen LogP contribution in [0.3, 0.4) is 0 Å². The average Bonchev–Trinajstić information content (AvgIpc) is 3.42. The van der Waals surface area contributed by atoms with Crippen LogP contribution in [0.15, 0.2) is 12.2 Å². The van der Waals surface area contributed by atoms with Crippen molar-refractivity contribution in [3.63, 3.8) is 0 Å². The molecule has 0 aliphatic carbocycles. The third-order valence-corrected chi connectivity index (χ3v) is 15.3. The Balaban J connectivity index is 1.52. The summed E-state index contributed by atoms with van der Waals surface area (Å²) >= 11 is 0. The summed E-state index contributed by atoms with van der Waals surface area (Å²) in [5.41, 5.74) is 0. The molecule has 17 atom stereocenters. The Bertz CT molecular complexity index is 1450. The predicted molar refractivity (Wildman–Crippen MR) is 287 cm³/mol. The molecule has 0 aromatic carbocycles. The lowest BCUT2D eigenvalue weighted by molar-refractivity contribution is -0.379. The first-order valence-corrected chi connectivity index (χ1v) is 29.9. The first kappa shape index (κ1) is 68.8. The standard InChI is InChI=1S/C57H107NO18/c1-3-5-7-9-11-13-15-17-19-21-22-24-26-28-30-32-34-41(62)40(58-45(63)35-33-31-29-27-25-23-20-18-16-14-12-10-8-6-4-2)39-71-55-51(69)48(66)53(43(37-60)73-55)76-57-52(70)49(67)54(44(38-61)74-57)75-56-50(68)47(65)46(64)42(36-59)72-56/h32,34,40-44,46-57,59-62,64-70H,3-31,33,35-39H2,1-2H3,(H,58,63)/b34-32+. The van der Waals surface area contributed by atoms with Crippen molar-refractivity contribution in [1.29, 1.82) is 0 Å². The Morgan fingerprint density at radius 3 is 1.24 bits per heavy atom. The molecule has 0 spiro atoms. The zero-order chi connectivity index (χ0) is 55.5. The molecule has 0 radical (unpaired) electrons. The van der Waals surface area contributed by atoms with E-state index in [0.29, 0.717) is 6.42 Å². The minimum Gasteiger partial charge on any atom is -0.394 e. The Hall–Kier alpha value is -1.47. The number of unbranched alkanes of at least 4 members (excludes halogenated alkanes) is 28. The minimum absolute atomic E-state index is 0.249. The van der Waals surface area contributed by atoms with Crippen LogP contribution in [-0.2, 0) is 33.2 Å². The molecule has 0 bridgehead atoms. The number of rotatable bonds is 44. The number of carbonyl (C=O) groups excluding carboxylic acids is 1. The second-order valence-electron chi connectivity index (χ2n) is 21.8. The lowest BCUT2D eigenvalue weighted by Gasteiger charge is -2.48. The third kappa shape index (κ3) is 25.5. The van der Waals surface area contributed by atoms with E-state index in [1.807, 2.05) is 6.08 Å². The molecule has 3 aliphatic rings. The quantitative estimate of drug-likeness (QED) is 0.0283. The number of aliphatic hydroxyl groups excluding tert-OH is 11. The minimum atomic E-state index is -1.97. The fourth-order valence-corrected chi connectivity index (χ4v) is 10.4. The molecule has 0 aromatic rings. The average molecular weight is 1090 g/mol. The number of amides is 1. The maximum atomic E-state index is 13.3. The highest BCUT2D eigenvalue weighted by Crippen LogP contribution is 2.33. The van der Waals surface area contributed by atoms with Crippen molar-refractivity contribution in [2.75, 3.05) is 26.4 Å². The smallest absolute Gasteiger partial charge is 0.220 e. The van der Waals surface area contributed by atoms with Crippen molar-refractivity contribution in [3.8, 4) is 0 Å². The van der Waals surface area contributed by atoms with Crippen molar-refractivity contribution in [2.24, 2.45) is 0 Å². The Kier molecular flexibility index (Phi) is 37.6. The van der Waals surface area contributed by atoms with Crippen molar-refractivity contribution >= 4 is 5.91 Å². The van der Waals surface area contributed by atoms with E-state index in [4.69, 9.17) is 28.4 Å². The molecule has 76 heavy (non-hydrogen) atoms. The molecule has 3 rings (SSSR count). The van der Waals surface area contributed by atoms with Gasteiger partial charge in [-0.25, -0.2) is 0 Å². The van der Waals surface area contributed by atoms with Crippen molar-refractivity contribution in [2.45, 2.75) is 317 Å². The van der Waals surface area contributed by atoms with Crippen molar-refractivity contribution < 1.29 is 89.4 Å². The van der Waals surface area contributed by atoms with Gasteiger partial charge in [0, 0.05) is 6.42 Å². The molecular formula is C57H107NO18. The molecule has 17 unspecified atom stereocenters. The number of ether oxygens (including phenoxy) is 6. The van der Waals surface area contributed by atoms with Crippen LogP contribution in [-0.4, -0.2) is 193 Å². The topological polar surface area (TPSA) is 307 Å². The van der Waals surface area contributed by atoms with E-state index in [1.165, 1.54) is 141 Å². The summed E-state index contributed by atoms with van der Waals surface area (Å²) in [5, 5.41) is 120. The normalized spacial score (nSPS) is 31.0. The molecule has 12 N–H and O–H groups in total. The van der Waals surface area contributed by atoms with Gasteiger partial charge in [-0.05, 0) is 19.3 Å². The molecule has 3 aliphatic heterocycles. The summed E-state index contributed by atoms with van der Waals surface area (Å²) in [5.74, 6) is -0.273. The van der Waals surface area contributed by atoms with Crippen LogP contribution in [0.5, 0.6) is 0 Å². The van der Waals surface area contributed by atoms with Gasteiger partial charge >= 0.3 is 0 Å². The molecule has 19 nitrogen and oxygen atoms in total. The van der Waals surface area contributed by atoms with Gasteiger partial charge in [-0.3, -0.25) is 4.79 Å². The van der Waals surface area contributed by atoms with Crippen LogP contribution in [0.25, 0.3) is 0 Å². The highest BCUT2D eigenvalue weighted by molar-refractivity contribution is 5.76. The number of nitrogens with one attached hydrogen (secondary N) is 1. The molecule has 448 valence electrons. The van der Waals surface area contributed by atoms with Gasteiger partial charge in [0.1, 0.15) is 73.2 Å². The molecule has 19 heteroatoms. The number of carbonyl (C=O) groups is 1. The summed E-state index contributed by atoms with van der Waals surface area (Å²) in [6, 6.07) is -0.966. The van der Waals surface area contributed by atoms with Crippen LogP contribution < -0.4 is 5.32 Å². The molecule has 0 saturated carbocycles. The lowest BCUT2D eigenvalue weighted by Crippen LogP contribution is -2.66. The third-order valence-electron chi connectivity index (χ3n) is 15.3. The van der Waals surface area contributed by atoms with E-state index in [0.717, 1.165) is 44.9 Å². The summed E-state index contributed by atoms with van der Waals surface area (Å²) in [7, 11) is 0. The SMILES string of the molecule is CCCCCCCCCCCCCCCC/C=C/C(O)C(COC1OC(CO)C(OC2OC(CO)C(OC3OC(CO)C(O)C(O)C3O)C(O)C2O)C(O)C1O)NC(=O)CCCCCCCCCCCCCCCCC. The number of hydrogen-bond donors (Lipinski definition) is 12. The van der Waals surface area contributed by atoms with Gasteiger partial charge in [0.2, 0.25) is 5.91 Å². The fraction of sp³-hybridized carbons (Fsp3) is 0.947. The van der Waals surface area contributed by atoms with Gasteiger partial charge in [0.15, 0.2) is 18.9 Å². The maximum Gasteiger partial charge on any atom is 0.220 e. The van der Waals surface area contributed by atoms with Gasteiger partial charge in [0.25, 0.3) is 0 Å². The number of aliphatic hydroxyl groups is 11. The monoisotopic (exact) mass is 1090 g/mol. The van der Waals surface area contributed by atoms with E-state index < -0.39 is 124 Å². The highest BCUT2D eigenvalue weighted by Gasteiger charge is 2.53. The van der Waals surface area contributed by atoms with E-state index in [-0.39, 0.29) is 18.9 Å². The Labute approximate surface area is 455 Å². The Morgan fingerprint density at radius 1 is 0.461 bits per heavy atom. The predicted octanol–water partition coefficient (Wildman–Crippen LogP) is 4.99. The summed E-state index contributed by atoms with van der Waals surface area (Å²) < 4.78 is 34.2. The molecule has 3 heterocycles.